The van der Waals surface area contributed by atoms with E-state index >= 15 is 0 Å². The predicted octanol–water partition coefficient (Wildman–Crippen LogP) is 6.65. The molecule has 0 aliphatic heterocycles. The van der Waals surface area contributed by atoms with Gasteiger partial charge in [0.2, 0.25) is 0 Å². The maximum absolute atomic E-state index is 13.5. The zero-order valence-corrected chi connectivity index (χ0v) is 19.0. The lowest BCUT2D eigenvalue weighted by atomic mass is 9.89. The van der Waals surface area contributed by atoms with Crippen LogP contribution in [0.4, 0.5) is 0 Å². The molecule has 0 bridgehead atoms. The normalized spacial score (nSPS) is 15.1. The van der Waals surface area contributed by atoms with Crippen molar-refractivity contribution in [3.63, 3.8) is 0 Å². The van der Waals surface area contributed by atoms with Crippen LogP contribution in [0.3, 0.4) is 0 Å². The summed E-state index contributed by atoms with van der Waals surface area (Å²) in [7, 11) is 0. The van der Waals surface area contributed by atoms with E-state index in [1.807, 2.05) is 36.5 Å². The van der Waals surface area contributed by atoms with Crippen LogP contribution in [0.1, 0.15) is 45.2 Å². The Labute approximate surface area is 203 Å². The van der Waals surface area contributed by atoms with Gasteiger partial charge in [0, 0.05) is 41.5 Å². The van der Waals surface area contributed by atoms with Gasteiger partial charge in [-0.15, -0.1) is 0 Å². The van der Waals surface area contributed by atoms with E-state index in [-0.39, 0.29) is 11.7 Å². The van der Waals surface area contributed by atoms with Crippen molar-refractivity contribution < 1.29 is 4.79 Å². The van der Waals surface area contributed by atoms with Gasteiger partial charge in [-0.2, -0.15) is 0 Å². The van der Waals surface area contributed by atoms with Crippen molar-refractivity contribution in [2.24, 2.45) is 0 Å². The number of rotatable bonds is 4. The van der Waals surface area contributed by atoms with E-state index in [1.54, 1.807) is 0 Å². The third kappa shape index (κ3) is 3.14. The second-order valence-electron chi connectivity index (χ2n) is 9.14. The van der Waals surface area contributed by atoms with Gasteiger partial charge in [-0.25, -0.2) is 9.97 Å². The summed E-state index contributed by atoms with van der Waals surface area (Å²) in [6.07, 6.45) is 8.62. The van der Waals surface area contributed by atoms with Crippen LogP contribution in [-0.2, 0) is 6.42 Å². The van der Waals surface area contributed by atoms with Gasteiger partial charge in [-0.05, 0) is 39.9 Å². The Morgan fingerprint density at radius 3 is 2.66 bits per heavy atom. The molecule has 35 heavy (non-hydrogen) atoms. The lowest BCUT2D eigenvalue weighted by molar-refractivity contribution is 0.0973. The second-order valence-corrected chi connectivity index (χ2v) is 9.14. The van der Waals surface area contributed by atoms with Crippen LogP contribution in [0.25, 0.3) is 39.2 Å². The fourth-order valence-electron chi connectivity index (χ4n) is 5.60. The first-order valence-electron chi connectivity index (χ1n) is 11.9. The number of para-hydroxylation sites is 1. The summed E-state index contributed by atoms with van der Waals surface area (Å²) >= 11 is 0. The standard InChI is InChI=1S/C31H21N3O/c35-29(31-25-12-6-14-28(25)33-18-34-31)16-26-22-8-2-3-9-23(22)30-21(10-5-11-24(26)30)20-15-19-7-1-4-13-27(19)32-17-20/h1-13,15,17-18,26H,14,16H2. The lowest BCUT2D eigenvalue weighted by Gasteiger charge is -2.14. The number of carbonyl (C=O) groups is 1. The van der Waals surface area contributed by atoms with Crippen LogP contribution in [0.15, 0.2) is 91.4 Å². The highest BCUT2D eigenvalue weighted by Crippen LogP contribution is 2.50. The second kappa shape index (κ2) is 7.81. The maximum atomic E-state index is 13.5. The van der Waals surface area contributed by atoms with Gasteiger partial charge in [-0.3, -0.25) is 9.78 Å². The maximum Gasteiger partial charge on any atom is 0.182 e. The molecule has 2 aliphatic carbocycles. The summed E-state index contributed by atoms with van der Waals surface area (Å²) in [6, 6.07) is 25.3. The van der Waals surface area contributed by atoms with Crippen molar-refractivity contribution in [1.29, 1.82) is 0 Å². The van der Waals surface area contributed by atoms with E-state index in [2.05, 4.69) is 64.6 Å². The highest BCUT2D eigenvalue weighted by Gasteiger charge is 2.33. The number of Topliss-reactive ketones (excluding diaryl/α,β-unsaturated/α-hetero) is 1. The van der Waals surface area contributed by atoms with Crippen LogP contribution >= 0.6 is 0 Å². The van der Waals surface area contributed by atoms with Crippen molar-refractivity contribution >= 4 is 22.8 Å². The molecule has 1 atom stereocenters. The minimum Gasteiger partial charge on any atom is -0.292 e. The highest BCUT2D eigenvalue weighted by molar-refractivity contribution is 6.01. The molecule has 3 aromatic carbocycles. The van der Waals surface area contributed by atoms with E-state index in [1.165, 1.54) is 28.6 Å². The van der Waals surface area contributed by atoms with E-state index in [0.29, 0.717) is 12.1 Å². The van der Waals surface area contributed by atoms with Gasteiger partial charge in [0.1, 0.15) is 12.0 Å². The fourth-order valence-corrected chi connectivity index (χ4v) is 5.60. The summed E-state index contributed by atoms with van der Waals surface area (Å²) in [5.74, 6) is 0.0405. The average Bonchev–Trinajstić information content (AvgIpc) is 3.51. The molecule has 7 rings (SSSR count). The SMILES string of the molecule is O=C(CC1c2ccccc2-c2c(-c3cnc4ccccc4c3)cccc21)c1ncnc2c1C=CC2. The molecule has 0 fully saturated rings. The van der Waals surface area contributed by atoms with Gasteiger partial charge in [-0.1, -0.05) is 72.8 Å². The molecule has 0 saturated heterocycles. The minimum absolute atomic E-state index is 0.0157. The van der Waals surface area contributed by atoms with Gasteiger partial charge in [0.05, 0.1) is 11.2 Å². The predicted molar refractivity (Wildman–Crippen MR) is 138 cm³/mol. The summed E-state index contributed by atoms with van der Waals surface area (Å²) in [5.41, 5.74) is 10.3. The number of pyridine rings is 1. The molecular formula is C31H21N3O. The first kappa shape index (κ1) is 20.0. The first-order chi connectivity index (χ1) is 17.3. The Morgan fingerprint density at radius 1 is 0.857 bits per heavy atom. The molecule has 0 radical (unpaired) electrons. The molecule has 0 amide bonds. The van der Waals surface area contributed by atoms with Crippen LogP contribution in [0.5, 0.6) is 0 Å². The molecule has 1 unspecified atom stereocenters. The van der Waals surface area contributed by atoms with Crippen LogP contribution in [0, 0.1) is 0 Å². The van der Waals surface area contributed by atoms with Crippen molar-refractivity contribution in [1.82, 2.24) is 15.0 Å². The summed E-state index contributed by atoms with van der Waals surface area (Å²) in [5, 5.41) is 1.12. The van der Waals surface area contributed by atoms with Crippen molar-refractivity contribution in [2.75, 3.05) is 0 Å². The zero-order chi connectivity index (χ0) is 23.4. The Morgan fingerprint density at radius 2 is 1.69 bits per heavy atom. The topological polar surface area (TPSA) is 55.7 Å². The number of hydrogen-bond acceptors (Lipinski definition) is 4. The van der Waals surface area contributed by atoms with Crippen molar-refractivity contribution in [3.8, 4) is 22.3 Å². The summed E-state index contributed by atoms with van der Waals surface area (Å²) in [6.45, 7) is 0. The molecule has 2 aliphatic rings. The quantitative estimate of drug-likeness (QED) is 0.287. The third-order valence-corrected chi connectivity index (χ3v) is 7.19. The molecule has 2 heterocycles. The Hall–Kier alpha value is -4.44. The largest absolute Gasteiger partial charge is 0.292 e. The van der Waals surface area contributed by atoms with E-state index < -0.39 is 0 Å². The Balaban J connectivity index is 1.35. The number of benzene rings is 3. The molecule has 0 N–H and O–H groups in total. The molecule has 2 aromatic heterocycles. The Kier molecular flexibility index (Phi) is 4.46. The van der Waals surface area contributed by atoms with Crippen LogP contribution < -0.4 is 0 Å². The third-order valence-electron chi connectivity index (χ3n) is 7.19. The average molecular weight is 452 g/mol. The lowest BCUT2D eigenvalue weighted by Crippen LogP contribution is -2.11. The first-order valence-corrected chi connectivity index (χ1v) is 11.9. The summed E-state index contributed by atoms with van der Waals surface area (Å²) < 4.78 is 0. The number of allylic oxidation sites excluding steroid dienone is 1. The van der Waals surface area contributed by atoms with E-state index in [9.17, 15) is 4.79 Å². The number of aromatic nitrogens is 3. The number of ketones is 1. The zero-order valence-electron chi connectivity index (χ0n) is 19.0. The Bertz CT molecular complexity index is 1680. The van der Waals surface area contributed by atoms with Gasteiger partial charge in [0.25, 0.3) is 0 Å². The van der Waals surface area contributed by atoms with Gasteiger partial charge in [0.15, 0.2) is 5.78 Å². The molecule has 5 aromatic rings. The van der Waals surface area contributed by atoms with Gasteiger partial charge >= 0.3 is 0 Å². The minimum atomic E-state index is -0.0157. The van der Waals surface area contributed by atoms with E-state index in [0.717, 1.165) is 39.7 Å². The molecule has 0 spiro atoms. The van der Waals surface area contributed by atoms with E-state index in [4.69, 9.17) is 4.98 Å². The number of nitrogens with zero attached hydrogens (tertiary/aromatic N) is 3. The molecule has 4 heteroatoms. The molecular weight excluding hydrogens is 430 g/mol. The highest BCUT2D eigenvalue weighted by atomic mass is 16.1. The molecule has 4 nitrogen and oxygen atoms in total. The van der Waals surface area contributed by atoms with Gasteiger partial charge < -0.3 is 0 Å². The fraction of sp³-hybridized carbons (Fsp3) is 0.0968. The monoisotopic (exact) mass is 451 g/mol. The molecule has 0 saturated carbocycles. The smallest absolute Gasteiger partial charge is 0.182 e. The summed E-state index contributed by atoms with van der Waals surface area (Å²) in [4.78, 5) is 27.0. The van der Waals surface area contributed by atoms with Crippen LogP contribution in [-0.4, -0.2) is 20.7 Å². The van der Waals surface area contributed by atoms with Crippen LogP contribution in [0.2, 0.25) is 0 Å². The van der Waals surface area contributed by atoms with Crippen molar-refractivity contribution in [3.05, 3.63) is 119 Å². The number of carbonyl (C=O) groups excluding carboxylic acids is 1. The number of hydrogen-bond donors (Lipinski definition) is 0. The van der Waals surface area contributed by atoms with Crippen molar-refractivity contribution in [2.45, 2.75) is 18.8 Å². The molecule has 166 valence electrons. The number of fused-ring (bicyclic) bond motifs is 5.